The Morgan fingerprint density at radius 3 is 2.94 bits per heavy atom. The molecular weight excluding hydrogens is 200 g/mol. The van der Waals surface area contributed by atoms with Crippen molar-refractivity contribution < 1.29 is 4.42 Å². The average Bonchev–Trinajstić information content (AvgIpc) is 2.85. The average molecular weight is 222 g/mol. The summed E-state index contributed by atoms with van der Waals surface area (Å²) in [5.41, 5.74) is 6.79. The van der Waals surface area contributed by atoms with E-state index in [4.69, 9.17) is 10.2 Å². The predicted molar refractivity (Wildman–Crippen MR) is 65.0 cm³/mol. The molecule has 1 fully saturated rings. The van der Waals surface area contributed by atoms with Gasteiger partial charge in [0.1, 0.15) is 11.5 Å². The molecule has 1 aliphatic rings. The molecule has 90 valence electrons. The summed E-state index contributed by atoms with van der Waals surface area (Å²) in [7, 11) is 0. The SMILES string of the molecule is CCC1CCN(Cc2cc(C)c(CN)o2)C1. The number of likely N-dealkylation sites (tertiary alicyclic amines) is 1. The van der Waals surface area contributed by atoms with Crippen molar-refractivity contribution in [3.8, 4) is 0 Å². The van der Waals surface area contributed by atoms with E-state index >= 15 is 0 Å². The Bertz CT molecular complexity index is 346. The lowest BCUT2D eigenvalue weighted by molar-refractivity contribution is 0.281. The lowest BCUT2D eigenvalue weighted by Gasteiger charge is -2.13. The Morgan fingerprint density at radius 2 is 2.38 bits per heavy atom. The molecule has 0 spiro atoms. The van der Waals surface area contributed by atoms with Gasteiger partial charge < -0.3 is 10.2 Å². The third-order valence-electron chi connectivity index (χ3n) is 3.58. The zero-order valence-electron chi connectivity index (χ0n) is 10.3. The summed E-state index contributed by atoms with van der Waals surface area (Å²) in [5, 5.41) is 0. The van der Waals surface area contributed by atoms with Crippen molar-refractivity contribution in [3.05, 3.63) is 23.2 Å². The van der Waals surface area contributed by atoms with E-state index in [-0.39, 0.29) is 0 Å². The molecule has 1 unspecified atom stereocenters. The zero-order chi connectivity index (χ0) is 11.5. The van der Waals surface area contributed by atoms with E-state index in [0.29, 0.717) is 6.54 Å². The van der Waals surface area contributed by atoms with E-state index in [9.17, 15) is 0 Å². The van der Waals surface area contributed by atoms with Gasteiger partial charge in [0.05, 0.1) is 13.1 Å². The number of rotatable bonds is 4. The van der Waals surface area contributed by atoms with Crippen LogP contribution >= 0.6 is 0 Å². The summed E-state index contributed by atoms with van der Waals surface area (Å²) >= 11 is 0. The fourth-order valence-corrected chi connectivity index (χ4v) is 2.48. The lowest BCUT2D eigenvalue weighted by Crippen LogP contribution is -2.19. The molecular formula is C13H22N2O. The van der Waals surface area contributed by atoms with Crippen LogP contribution in [0.25, 0.3) is 0 Å². The second kappa shape index (κ2) is 5.02. The van der Waals surface area contributed by atoms with Gasteiger partial charge in [0.15, 0.2) is 0 Å². The maximum absolute atomic E-state index is 5.73. The summed E-state index contributed by atoms with van der Waals surface area (Å²) in [6.45, 7) is 8.21. The number of hydrogen-bond donors (Lipinski definition) is 1. The first kappa shape index (κ1) is 11.7. The first-order chi connectivity index (χ1) is 7.72. The molecule has 16 heavy (non-hydrogen) atoms. The van der Waals surface area contributed by atoms with Crippen molar-refractivity contribution in [1.29, 1.82) is 0 Å². The van der Waals surface area contributed by atoms with Gasteiger partial charge in [0.25, 0.3) is 0 Å². The molecule has 1 atom stereocenters. The van der Waals surface area contributed by atoms with E-state index in [0.717, 1.165) is 24.0 Å². The van der Waals surface area contributed by atoms with Gasteiger partial charge in [-0.2, -0.15) is 0 Å². The number of nitrogens with two attached hydrogens (primary N) is 1. The van der Waals surface area contributed by atoms with Crippen molar-refractivity contribution in [2.45, 2.75) is 39.8 Å². The van der Waals surface area contributed by atoms with Gasteiger partial charge >= 0.3 is 0 Å². The minimum atomic E-state index is 0.503. The first-order valence-corrected chi connectivity index (χ1v) is 6.23. The number of furan rings is 1. The van der Waals surface area contributed by atoms with Gasteiger partial charge in [-0.1, -0.05) is 13.3 Å². The van der Waals surface area contributed by atoms with Gasteiger partial charge in [-0.05, 0) is 37.4 Å². The summed E-state index contributed by atoms with van der Waals surface area (Å²) < 4.78 is 5.73. The van der Waals surface area contributed by atoms with Crippen LogP contribution < -0.4 is 5.73 Å². The minimum absolute atomic E-state index is 0.503. The highest BCUT2D eigenvalue weighted by Crippen LogP contribution is 2.22. The van der Waals surface area contributed by atoms with E-state index in [1.165, 1.54) is 31.5 Å². The normalized spacial score (nSPS) is 21.8. The topological polar surface area (TPSA) is 42.4 Å². The molecule has 2 heterocycles. The zero-order valence-corrected chi connectivity index (χ0v) is 10.3. The second-order valence-corrected chi connectivity index (χ2v) is 4.82. The molecule has 1 saturated heterocycles. The number of hydrogen-bond acceptors (Lipinski definition) is 3. The van der Waals surface area contributed by atoms with Gasteiger partial charge in [-0.25, -0.2) is 0 Å². The molecule has 0 aromatic carbocycles. The Kier molecular flexibility index (Phi) is 3.66. The Morgan fingerprint density at radius 1 is 1.56 bits per heavy atom. The molecule has 1 aromatic rings. The third kappa shape index (κ3) is 2.47. The summed E-state index contributed by atoms with van der Waals surface area (Å²) in [6, 6.07) is 2.13. The molecule has 1 aromatic heterocycles. The Balaban J connectivity index is 1.94. The fourth-order valence-electron chi connectivity index (χ4n) is 2.48. The Labute approximate surface area is 97.6 Å². The maximum atomic E-state index is 5.73. The predicted octanol–water partition coefficient (Wildman–Crippen LogP) is 2.28. The largest absolute Gasteiger partial charge is 0.463 e. The lowest BCUT2D eigenvalue weighted by atomic mass is 10.1. The molecule has 2 rings (SSSR count). The van der Waals surface area contributed by atoms with E-state index in [1.807, 2.05) is 0 Å². The molecule has 3 nitrogen and oxygen atoms in total. The van der Waals surface area contributed by atoms with Crippen molar-refractivity contribution in [2.24, 2.45) is 11.7 Å². The summed E-state index contributed by atoms with van der Waals surface area (Å²) in [6.07, 6.45) is 2.63. The van der Waals surface area contributed by atoms with Crippen molar-refractivity contribution in [2.75, 3.05) is 13.1 Å². The highest BCUT2D eigenvalue weighted by molar-refractivity contribution is 5.19. The van der Waals surface area contributed by atoms with Gasteiger partial charge in [0, 0.05) is 6.54 Å². The van der Waals surface area contributed by atoms with Crippen LogP contribution in [0, 0.1) is 12.8 Å². The standard InChI is InChI=1S/C13H22N2O/c1-3-11-4-5-15(8-11)9-12-6-10(2)13(7-14)16-12/h6,11H,3-5,7-9,14H2,1-2H3. The van der Waals surface area contributed by atoms with Gasteiger partial charge in [-0.15, -0.1) is 0 Å². The fraction of sp³-hybridized carbons (Fsp3) is 0.692. The monoisotopic (exact) mass is 222 g/mol. The number of nitrogens with zero attached hydrogens (tertiary/aromatic N) is 1. The molecule has 0 aliphatic carbocycles. The van der Waals surface area contributed by atoms with Crippen molar-refractivity contribution in [3.63, 3.8) is 0 Å². The van der Waals surface area contributed by atoms with Crippen LogP contribution in [0.1, 0.15) is 36.8 Å². The first-order valence-electron chi connectivity index (χ1n) is 6.23. The van der Waals surface area contributed by atoms with Gasteiger partial charge in [-0.3, -0.25) is 4.90 Å². The van der Waals surface area contributed by atoms with E-state index < -0.39 is 0 Å². The van der Waals surface area contributed by atoms with Crippen LogP contribution in [-0.4, -0.2) is 18.0 Å². The van der Waals surface area contributed by atoms with Crippen LogP contribution in [-0.2, 0) is 13.1 Å². The van der Waals surface area contributed by atoms with Crippen molar-refractivity contribution in [1.82, 2.24) is 4.90 Å². The summed E-state index contributed by atoms with van der Waals surface area (Å²) in [5.74, 6) is 2.88. The minimum Gasteiger partial charge on any atom is -0.463 e. The van der Waals surface area contributed by atoms with Crippen LogP contribution in [0.15, 0.2) is 10.5 Å². The molecule has 2 N–H and O–H groups in total. The van der Waals surface area contributed by atoms with Crippen LogP contribution in [0.5, 0.6) is 0 Å². The van der Waals surface area contributed by atoms with Crippen LogP contribution in [0.3, 0.4) is 0 Å². The molecule has 3 heteroatoms. The Hall–Kier alpha value is -0.800. The van der Waals surface area contributed by atoms with Crippen LogP contribution in [0.2, 0.25) is 0 Å². The number of aryl methyl sites for hydroxylation is 1. The summed E-state index contributed by atoms with van der Waals surface area (Å²) in [4.78, 5) is 2.48. The third-order valence-corrected chi connectivity index (χ3v) is 3.58. The smallest absolute Gasteiger partial charge is 0.120 e. The van der Waals surface area contributed by atoms with Gasteiger partial charge in [0.2, 0.25) is 0 Å². The van der Waals surface area contributed by atoms with E-state index in [1.54, 1.807) is 0 Å². The molecule has 0 saturated carbocycles. The molecule has 0 bridgehead atoms. The van der Waals surface area contributed by atoms with Crippen molar-refractivity contribution >= 4 is 0 Å². The highest BCUT2D eigenvalue weighted by atomic mass is 16.3. The quantitative estimate of drug-likeness (QED) is 0.850. The second-order valence-electron chi connectivity index (χ2n) is 4.82. The molecule has 0 radical (unpaired) electrons. The molecule has 1 aliphatic heterocycles. The molecule has 0 amide bonds. The van der Waals surface area contributed by atoms with E-state index in [2.05, 4.69) is 24.8 Å². The highest BCUT2D eigenvalue weighted by Gasteiger charge is 2.21. The van der Waals surface area contributed by atoms with Crippen LogP contribution in [0.4, 0.5) is 0 Å². The maximum Gasteiger partial charge on any atom is 0.120 e.